The van der Waals surface area contributed by atoms with Gasteiger partial charge in [-0.15, -0.1) is 12.4 Å². The van der Waals surface area contributed by atoms with Gasteiger partial charge in [-0.1, -0.05) is 6.42 Å². The molecule has 1 aliphatic rings. The van der Waals surface area contributed by atoms with Gasteiger partial charge in [0.25, 0.3) is 0 Å². The molecule has 1 rings (SSSR count). The molecule has 17 heavy (non-hydrogen) atoms. The van der Waals surface area contributed by atoms with Crippen LogP contribution in [-0.2, 0) is 14.3 Å². The molecule has 1 fully saturated rings. The lowest BCUT2D eigenvalue weighted by Gasteiger charge is -2.19. The first-order chi connectivity index (χ1) is 7.69. The van der Waals surface area contributed by atoms with Crippen molar-refractivity contribution in [3.63, 3.8) is 0 Å². The zero-order valence-electron chi connectivity index (χ0n) is 10.5. The predicted octanol–water partition coefficient (Wildman–Crippen LogP) is 0.313. The van der Waals surface area contributed by atoms with E-state index in [0.717, 1.165) is 12.8 Å². The molecule has 3 atom stereocenters. The minimum Gasteiger partial charge on any atom is -0.383 e. The summed E-state index contributed by atoms with van der Waals surface area (Å²) in [6, 6.07) is -0.576. The lowest BCUT2D eigenvalue weighted by molar-refractivity contribution is -0.123. The van der Waals surface area contributed by atoms with Crippen LogP contribution in [0.2, 0.25) is 0 Å². The Morgan fingerprint density at radius 3 is 2.76 bits per heavy atom. The molecule has 0 bridgehead atoms. The Kier molecular flexibility index (Phi) is 8.51. The molecule has 102 valence electrons. The van der Waals surface area contributed by atoms with Gasteiger partial charge in [0.2, 0.25) is 5.91 Å². The number of amides is 1. The van der Waals surface area contributed by atoms with E-state index < -0.39 is 6.04 Å². The van der Waals surface area contributed by atoms with E-state index in [4.69, 9.17) is 15.2 Å². The van der Waals surface area contributed by atoms with E-state index in [1.807, 2.05) is 0 Å². The van der Waals surface area contributed by atoms with Crippen molar-refractivity contribution in [2.45, 2.75) is 31.4 Å². The summed E-state index contributed by atoms with van der Waals surface area (Å²) in [5, 5.41) is 2.85. The second-order valence-electron chi connectivity index (χ2n) is 4.27. The van der Waals surface area contributed by atoms with Crippen molar-refractivity contribution in [1.29, 1.82) is 0 Å². The fraction of sp³-hybridized carbons (Fsp3) is 0.909. The van der Waals surface area contributed by atoms with E-state index in [9.17, 15) is 4.79 Å². The topological polar surface area (TPSA) is 73.6 Å². The minimum absolute atomic E-state index is 0. The zero-order chi connectivity index (χ0) is 12.0. The van der Waals surface area contributed by atoms with Gasteiger partial charge in [0.05, 0.1) is 12.7 Å². The standard InChI is InChI=1S/C11H22N2O3.ClH/c1-15-7-9(12)11(14)13-6-8-4-3-5-10(8)16-2;/h8-10H,3-7,12H2,1-2H3,(H,13,14);1H. The number of hydrogen-bond acceptors (Lipinski definition) is 4. The second-order valence-corrected chi connectivity index (χ2v) is 4.27. The molecule has 5 nitrogen and oxygen atoms in total. The van der Waals surface area contributed by atoms with E-state index in [-0.39, 0.29) is 31.0 Å². The van der Waals surface area contributed by atoms with Gasteiger partial charge < -0.3 is 20.5 Å². The molecule has 1 saturated carbocycles. The third-order valence-electron chi connectivity index (χ3n) is 3.11. The van der Waals surface area contributed by atoms with Gasteiger partial charge in [0, 0.05) is 26.7 Å². The summed E-state index contributed by atoms with van der Waals surface area (Å²) in [7, 11) is 3.26. The van der Waals surface area contributed by atoms with E-state index in [1.165, 1.54) is 13.5 Å². The van der Waals surface area contributed by atoms with Gasteiger partial charge in [-0.25, -0.2) is 0 Å². The summed E-state index contributed by atoms with van der Waals surface area (Å²) >= 11 is 0. The Bertz CT molecular complexity index is 229. The second kappa shape index (κ2) is 8.69. The Labute approximate surface area is 109 Å². The number of carbonyl (C=O) groups is 1. The molecule has 0 aromatic carbocycles. The van der Waals surface area contributed by atoms with Crippen LogP contribution in [0.25, 0.3) is 0 Å². The van der Waals surface area contributed by atoms with Crippen molar-refractivity contribution in [2.75, 3.05) is 27.4 Å². The molecule has 0 heterocycles. The highest BCUT2D eigenvalue weighted by Crippen LogP contribution is 2.26. The van der Waals surface area contributed by atoms with Crippen molar-refractivity contribution < 1.29 is 14.3 Å². The summed E-state index contributed by atoms with van der Waals surface area (Å²) in [6.07, 6.45) is 3.64. The van der Waals surface area contributed by atoms with E-state index in [1.54, 1.807) is 7.11 Å². The van der Waals surface area contributed by atoms with Crippen LogP contribution in [-0.4, -0.2) is 45.4 Å². The number of halogens is 1. The quantitative estimate of drug-likeness (QED) is 0.726. The molecule has 1 amide bonds. The Morgan fingerprint density at radius 2 is 2.18 bits per heavy atom. The van der Waals surface area contributed by atoms with Crippen molar-refractivity contribution in [3.8, 4) is 0 Å². The summed E-state index contributed by atoms with van der Waals surface area (Å²) in [5.41, 5.74) is 5.61. The Hall–Kier alpha value is -0.360. The smallest absolute Gasteiger partial charge is 0.239 e. The molecule has 0 aromatic heterocycles. The van der Waals surface area contributed by atoms with E-state index in [0.29, 0.717) is 12.5 Å². The monoisotopic (exact) mass is 266 g/mol. The lowest BCUT2D eigenvalue weighted by Crippen LogP contribution is -2.45. The van der Waals surface area contributed by atoms with E-state index >= 15 is 0 Å². The van der Waals surface area contributed by atoms with Crippen molar-refractivity contribution >= 4 is 18.3 Å². The summed E-state index contributed by atoms with van der Waals surface area (Å²) in [6.45, 7) is 0.902. The maximum atomic E-state index is 11.5. The summed E-state index contributed by atoms with van der Waals surface area (Å²) in [5.74, 6) is 0.271. The summed E-state index contributed by atoms with van der Waals surface area (Å²) in [4.78, 5) is 11.5. The molecule has 0 radical (unpaired) electrons. The average Bonchev–Trinajstić information content (AvgIpc) is 2.73. The number of hydrogen-bond donors (Lipinski definition) is 2. The van der Waals surface area contributed by atoms with Crippen LogP contribution in [0.5, 0.6) is 0 Å². The van der Waals surface area contributed by atoms with Gasteiger partial charge >= 0.3 is 0 Å². The molecule has 0 aliphatic heterocycles. The maximum absolute atomic E-state index is 11.5. The number of nitrogens with two attached hydrogens (primary N) is 1. The van der Waals surface area contributed by atoms with Gasteiger partial charge in [-0.2, -0.15) is 0 Å². The molecule has 0 aromatic rings. The molecule has 6 heteroatoms. The van der Waals surface area contributed by atoms with Crippen LogP contribution < -0.4 is 11.1 Å². The maximum Gasteiger partial charge on any atom is 0.239 e. The highest BCUT2D eigenvalue weighted by molar-refractivity contribution is 5.85. The average molecular weight is 267 g/mol. The minimum atomic E-state index is -0.576. The highest BCUT2D eigenvalue weighted by atomic mass is 35.5. The fourth-order valence-electron chi connectivity index (χ4n) is 2.16. The fourth-order valence-corrected chi connectivity index (χ4v) is 2.16. The molecule has 1 aliphatic carbocycles. The molecule has 0 saturated heterocycles. The van der Waals surface area contributed by atoms with Crippen LogP contribution in [0.15, 0.2) is 0 Å². The summed E-state index contributed by atoms with van der Waals surface area (Å²) < 4.78 is 10.2. The lowest BCUT2D eigenvalue weighted by atomic mass is 10.1. The number of carbonyl (C=O) groups excluding carboxylic acids is 1. The Balaban J connectivity index is 0.00000256. The zero-order valence-corrected chi connectivity index (χ0v) is 11.3. The predicted molar refractivity (Wildman–Crippen MR) is 68.2 cm³/mol. The molecule has 3 N–H and O–H groups in total. The first-order valence-electron chi connectivity index (χ1n) is 5.74. The first kappa shape index (κ1) is 16.6. The highest BCUT2D eigenvalue weighted by Gasteiger charge is 2.27. The van der Waals surface area contributed by atoms with Crippen LogP contribution >= 0.6 is 12.4 Å². The largest absolute Gasteiger partial charge is 0.383 e. The van der Waals surface area contributed by atoms with Gasteiger partial charge in [-0.3, -0.25) is 4.79 Å². The molecule has 0 spiro atoms. The first-order valence-corrected chi connectivity index (χ1v) is 5.74. The van der Waals surface area contributed by atoms with Gasteiger partial charge in [-0.05, 0) is 12.8 Å². The number of ether oxygens (including phenoxy) is 2. The normalized spacial score (nSPS) is 25.1. The van der Waals surface area contributed by atoms with E-state index in [2.05, 4.69) is 5.32 Å². The molecular formula is C11H23ClN2O3. The number of nitrogens with one attached hydrogen (secondary N) is 1. The SMILES string of the molecule is COCC(N)C(=O)NCC1CCCC1OC.Cl. The van der Waals surface area contributed by atoms with Crippen LogP contribution in [0.4, 0.5) is 0 Å². The van der Waals surface area contributed by atoms with Gasteiger partial charge in [0.1, 0.15) is 6.04 Å². The number of rotatable bonds is 6. The van der Waals surface area contributed by atoms with Crippen molar-refractivity contribution in [3.05, 3.63) is 0 Å². The van der Waals surface area contributed by atoms with Crippen LogP contribution in [0, 0.1) is 5.92 Å². The van der Waals surface area contributed by atoms with Gasteiger partial charge in [0.15, 0.2) is 0 Å². The van der Waals surface area contributed by atoms with Crippen LogP contribution in [0.1, 0.15) is 19.3 Å². The third kappa shape index (κ3) is 5.21. The Morgan fingerprint density at radius 1 is 1.47 bits per heavy atom. The molecular weight excluding hydrogens is 244 g/mol. The number of methoxy groups -OCH3 is 2. The van der Waals surface area contributed by atoms with Crippen molar-refractivity contribution in [1.82, 2.24) is 5.32 Å². The molecule has 3 unspecified atom stereocenters. The van der Waals surface area contributed by atoms with Crippen LogP contribution in [0.3, 0.4) is 0 Å². The third-order valence-corrected chi connectivity index (χ3v) is 3.11. The van der Waals surface area contributed by atoms with Crippen molar-refractivity contribution in [2.24, 2.45) is 11.7 Å².